The van der Waals surface area contributed by atoms with Crippen molar-refractivity contribution in [2.24, 2.45) is 0 Å². The van der Waals surface area contributed by atoms with Gasteiger partial charge in [-0.05, 0) is 24.4 Å². The van der Waals surface area contributed by atoms with Gasteiger partial charge >= 0.3 is 0 Å². The van der Waals surface area contributed by atoms with E-state index in [0.717, 1.165) is 5.52 Å². The molecule has 2 N–H and O–H groups in total. The zero-order valence-corrected chi connectivity index (χ0v) is 14.2. The summed E-state index contributed by atoms with van der Waals surface area (Å²) < 4.78 is 0. The number of aromatic amines is 1. The van der Waals surface area contributed by atoms with Crippen molar-refractivity contribution in [3.8, 4) is 6.07 Å². The molecule has 0 saturated carbocycles. The summed E-state index contributed by atoms with van der Waals surface area (Å²) in [5.74, 6) is -0.194. The van der Waals surface area contributed by atoms with E-state index < -0.39 is 0 Å². The van der Waals surface area contributed by atoms with Crippen molar-refractivity contribution in [3.05, 3.63) is 34.3 Å². The lowest BCUT2D eigenvalue weighted by atomic mass is 10.3. The number of carbonyl (C=O) groups is 1. The van der Waals surface area contributed by atoms with Crippen molar-refractivity contribution >= 4 is 56.8 Å². The van der Waals surface area contributed by atoms with Crippen LogP contribution in [0.4, 0.5) is 5.00 Å². The van der Waals surface area contributed by atoms with E-state index in [9.17, 15) is 4.79 Å². The molecule has 9 heteroatoms. The number of halogens is 1. The van der Waals surface area contributed by atoms with Gasteiger partial charge in [-0.25, -0.2) is 9.97 Å². The van der Waals surface area contributed by atoms with Gasteiger partial charge in [0.15, 0.2) is 10.8 Å². The molecule has 0 spiro atoms. The second-order valence-corrected chi connectivity index (χ2v) is 7.27. The highest BCUT2D eigenvalue weighted by Crippen LogP contribution is 2.27. The lowest BCUT2D eigenvalue weighted by Gasteiger charge is -2.09. The Morgan fingerprint density at radius 3 is 3.22 bits per heavy atom. The number of aromatic nitrogens is 3. The predicted molar refractivity (Wildman–Crippen MR) is 91.9 cm³/mol. The van der Waals surface area contributed by atoms with Gasteiger partial charge in [0.2, 0.25) is 5.91 Å². The molecule has 0 unspecified atom stereocenters. The topological polar surface area (TPSA) is 94.5 Å². The Balaban J connectivity index is 1.71. The van der Waals surface area contributed by atoms with Crippen molar-refractivity contribution in [1.82, 2.24) is 15.0 Å². The molecule has 6 nitrogen and oxygen atoms in total. The first-order chi connectivity index (χ1) is 11.1. The zero-order valence-electron chi connectivity index (χ0n) is 11.8. The number of thiophene rings is 1. The fourth-order valence-corrected chi connectivity index (χ4v) is 3.54. The zero-order chi connectivity index (χ0) is 16.4. The highest BCUT2D eigenvalue weighted by molar-refractivity contribution is 8.00. The second kappa shape index (κ2) is 6.58. The fourth-order valence-electron chi connectivity index (χ4n) is 1.84. The van der Waals surface area contributed by atoms with Crippen LogP contribution in [0.3, 0.4) is 0 Å². The van der Waals surface area contributed by atoms with Crippen LogP contribution in [0, 0.1) is 11.3 Å². The quantitative estimate of drug-likeness (QED) is 0.690. The van der Waals surface area contributed by atoms with Crippen molar-refractivity contribution < 1.29 is 4.79 Å². The van der Waals surface area contributed by atoms with Crippen LogP contribution in [0.2, 0.25) is 5.02 Å². The molecule has 23 heavy (non-hydrogen) atoms. The predicted octanol–water partition coefficient (Wildman–Crippen LogP) is 3.66. The van der Waals surface area contributed by atoms with E-state index in [1.54, 1.807) is 24.4 Å². The lowest BCUT2D eigenvalue weighted by Crippen LogP contribution is -2.22. The number of nitrogens with zero attached hydrogens (tertiary/aromatic N) is 3. The van der Waals surface area contributed by atoms with Crippen LogP contribution in [0.25, 0.3) is 11.2 Å². The molecule has 0 bridgehead atoms. The minimum atomic E-state index is -0.389. The number of anilines is 1. The Morgan fingerprint density at radius 2 is 2.43 bits per heavy atom. The van der Waals surface area contributed by atoms with E-state index in [4.69, 9.17) is 16.9 Å². The maximum absolute atomic E-state index is 12.2. The third-order valence-corrected chi connectivity index (χ3v) is 4.98. The summed E-state index contributed by atoms with van der Waals surface area (Å²) in [5.41, 5.74) is 1.73. The van der Waals surface area contributed by atoms with Crippen LogP contribution in [-0.2, 0) is 4.79 Å². The van der Waals surface area contributed by atoms with Gasteiger partial charge in [-0.1, -0.05) is 23.4 Å². The van der Waals surface area contributed by atoms with Gasteiger partial charge in [-0.15, -0.1) is 11.3 Å². The molecule has 116 valence electrons. The second-order valence-electron chi connectivity index (χ2n) is 4.59. The Bertz CT molecular complexity index is 913. The number of hydrogen-bond donors (Lipinski definition) is 2. The van der Waals surface area contributed by atoms with Crippen molar-refractivity contribution in [2.75, 3.05) is 5.32 Å². The lowest BCUT2D eigenvalue weighted by molar-refractivity contribution is -0.115. The third-order valence-electron chi connectivity index (χ3n) is 2.96. The molecule has 1 atom stereocenters. The normalized spacial score (nSPS) is 12.0. The summed E-state index contributed by atoms with van der Waals surface area (Å²) in [6, 6.07) is 5.45. The van der Waals surface area contributed by atoms with Crippen LogP contribution in [0.1, 0.15) is 12.5 Å². The maximum atomic E-state index is 12.2. The molecular weight excluding hydrogens is 354 g/mol. The fraction of sp³-hybridized carbons (Fsp3) is 0.143. The summed E-state index contributed by atoms with van der Waals surface area (Å²) in [6.45, 7) is 1.77. The molecule has 0 aliphatic carbocycles. The number of nitrogens with one attached hydrogen (secondary N) is 2. The number of imidazole rings is 1. The molecule has 0 aromatic carbocycles. The molecule has 0 fully saturated rings. The molecule has 3 heterocycles. The summed E-state index contributed by atoms with van der Waals surface area (Å²) in [7, 11) is 0. The van der Waals surface area contributed by atoms with Crippen LogP contribution in [0.5, 0.6) is 0 Å². The minimum Gasteiger partial charge on any atom is -0.331 e. The van der Waals surface area contributed by atoms with E-state index in [1.807, 2.05) is 6.07 Å². The van der Waals surface area contributed by atoms with Crippen LogP contribution in [-0.4, -0.2) is 26.1 Å². The van der Waals surface area contributed by atoms with E-state index in [0.29, 0.717) is 26.4 Å². The first-order valence-corrected chi connectivity index (χ1v) is 8.67. The number of rotatable bonds is 4. The van der Waals surface area contributed by atoms with Gasteiger partial charge in [-0.3, -0.25) is 4.79 Å². The first kappa shape index (κ1) is 15.8. The van der Waals surface area contributed by atoms with Crippen molar-refractivity contribution in [1.29, 1.82) is 5.26 Å². The first-order valence-electron chi connectivity index (χ1n) is 6.53. The monoisotopic (exact) mass is 363 g/mol. The molecule has 0 aliphatic rings. The molecule has 0 radical (unpaired) electrons. The molecule has 0 saturated heterocycles. The number of amides is 1. The van der Waals surface area contributed by atoms with Crippen LogP contribution in [0.15, 0.2) is 28.9 Å². The smallest absolute Gasteiger partial charge is 0.238 e. The number of H-pyrrole nitrogens is 1. The van der Waals surface area contributed by atoms with E-state index >= 15 is 0 Å². The Kier molecular flexibility index (Phi) is 4.52. The molecule has 0 aliphatic heterocycles. The van der Waals surface area contributed by atoms with E-state index in [-0.39, 0.29) is 11.2 Å². The number of fused-ring (bicyclic) bond motifs is 1. The molecule has 3 aromatic heterocycles. The SMILES string of the molecule is C[C@@H](Sc1nc2ncc(Cl)cc2[nH]1)C(=O)Nc1sccc1C#N. The van der Waals surface area contributed by atoms with Gasteiger partial charge in [0.1, 0.15) is 11.1 Å². The van der Waals surface area contributed by atoms with Crippen molar-refractivity contribution in [2.45, 2.75) is 17.3 Å². The number of thioether (sulfide) groups is 1. The van der Waals surface area contributed by atoms with Gasteiger partial charge < -0.3 is 10.3 Å². The molecular formula is C14H10ClN5OS2. The Hall–Kier alpha value is -2.08. The van der Waals surface area contributed by atoms with Crippen molar-refractivity contribution in [3.63, 3.8) is 0 Å². The van der Waals surface area contributed by atoms with Gasteiger partial charge in [0.05, 0.1) is 21.4 Å². The molecule has 3 aromatic rings. The highest BCUT2D eigenvalue weighted by atomic mass is 35.5. The third kappa shape index (κ3) is 3.47. The average Bonchev–Trinajstić information content (AvgIpc) is 3.12. The average molecular weight is 364 g/mol. The Morgan fingerprint density at radius 1 is 1.61 bits per heavy atom. The summed E-state index contributed by atoms with van der Waals surface area (Å²) >= 11 is 8.48. The number of carbonyl (C=O) groups excluding carboxylic acids is 1. The van der Waals surface area contributed by atoms with Gasteiger partial charge in [-0.2, -0.15) is 5.26 Å². The maximum Gasteiger partial charge on any atom is 0.238 e. The van der Waals surface area contributed by atoms with E-state index in [2.05, 4.69) is 20.3 Å². The number of pyridine rings is 1. The largest absolute Gasteiger partial charge is 0.331 e. The van der Waals surface area contributed by atoms with Crippen LogP contribution >= 0.6 is 34.7 Å². The minimum absolute atomic E-state index is 0.194. The standard InChI is InChI=1S/C14H10ClN5OS2/c1-7(12(21)20-13-8(5-16)2-3-22-13)23-14-18-10-4-9(15)6-17-11(10)19-14/h2-4,6-7H,1H3,(H,20,21)(H,17,18,19)/t7-/m1/s1. The van der Waals surface area contributed by atoms with Gasteiger partial charge in [0.25, 0.3) is 0 Å². The number of nitriles is 1. The number of hydrogen-bond acceptors (Lipinski definition) is 6. The Labute approximate surface area is 144 Å². The summed E-state index contributed by atoms with van der Waals surface area (Å²) in [5, 5.41) is 14.8. The summed E-state index contributed by atoms with van der Waals surface area (Å²) in [6.07, 6.45) is 1.52. The molecule has 1 amide bonds. The highest BCUT2D eigenvalue weighted by Gasteiger charge is 2.18. The van der Waals surface area contributed by atoms with E-state index in [1.165, 1.54) is 29.3 Å². The summed E-state index contributed by atoms with van der Waals surface area (Å²) in [4.78, 5) is 23.7. The van der Waals surface area contributed by atoms with Gasteiger partial charge in [0, 0.05) is 6.20 Å². The molecule has 3 rings (SSSR count). The van der Waals surface area contributed by atoms with Crippen LogP contribution < -0.4 is 5.32 Å².